The van der Waals surface area contributed by atoms with Crippen LogP contribution < -0.4 is 5.32 Å². The summed E-state index contributed by atoms with van der Waals surface area (Å²) in [6.45, 7) is 6.14. The van der Waals surface area contributed by atoms with Gasteiger partial charge in [-0.1, -0.05) is 6.92 Å². The van der Waals surface area contributed by atoms with Gasteiger partial charge < -0.3 is 5.32 Å². The van der Waals surface area contributed by atoms with Crippen LogP contribution in [-0.4, -0.2) is 15.7 Å². The summed E-state index contributed by atoms with van der Waals surface area (Å²) < 4.78 is 1.83. The summed E-state index contributed by atoms with van der Waals surface area (Å²) in [7, 11) is 1.91. The first-order valence-electron chi connectivity index (χ1n) is 5.79. The molecule has 4 nitrogen and oxygen atoms in total. The lowest BCUT2D eigenvalue weighted by Crippen LogP contribution is -2.28. The fourth-order valence-electron chi connectivity index (χ4n) is 2.03. The molecule has 1 fully saturated rings. The van der Waals surface area contributed by atoms with Crippen molar-refractivity contribution in [3.63, 3.8) is 0 Å². The quantitative estimate of drug-likeness (QED) is 0.842. The lowest BCUT2D eigenvalue weighted by molar-refractivity contribution is -0.123. The molecular formula is C12H19N3O. The van der Waals surface area contributed by atoms with Crippen LogP contribution in [0.5, 0.6) is 0 Å². The maximum Gasteiger partial charge on any atom is 0.223 e. The Kier molecular flexibility index (Phi) is 2.74. The van der Waals surface area contributed by atoms with Gasteiger partial charge in [0.2, 0.25) is 5.91 Å². The van der Waals surface area contributed by atoms with Gasteiger partial charge >= 0.3 is 0 Å². The van der Waals surface area contributed by atoms with E-state index in [1.54, 1.807) is 0 Å². The first kappa shape index (κ1) is 11.2. The number of aromatic nitrogens is 2. The topological polar surface area (TPSA) is 46.9 Å². The van der Waals surface area contributed by atoms with Crippen LogP contribution in [0.25, 0.3) is 0 Å². The number of carbonyl (C=O) groups is 1. The Labute approximate surface area is 96.0 Å². The normalized spacial score (nSPS) is 25.2. The molecule has 0 saturated heterocycles. The molecule has 2 rings (SSSR count). The van der Waals surface area contributed by atoms with Gasteiger partial charge in [-0.25, -0.2) is 0 Å². The summed E-state index contributed by atoms with van der Waals surface area (Å²) in [6, 6.07) is 0.0500. The predicted molar refractivity (Wildman–Crippen MR) is 61.8 cm³/mol. The van der Waals surface area contributed by atoms with Crippen molar-refractivity contribution >= 4 is 5.91 Å². The molecule has 1 aromatic rings. The molecule has 1 amide bonds. The van der Waals surface area contributed by atoms with E-state index < -0.39 is 0 Å². The molecule has 1 aliphatic rings. The first-order valence-corrected chi connectivity index (χ1v) is 5.79. The van der Waals surface area contributed by atoms with Crippen LogP contribution in [0.1, 0.15) is 37.6 Å². The zero-order valence-electron chi connectivity index (χ0n) is 10.3. The van der Waals surface area contributed by atoms with Crippen LogP contribution in [0.2, 0.25) is 0 Å². The molecule has 0 radical (unpaired) electrons. The van der Waals surface area contributed by atoms with Gasteiger partial charge in [0, 0.05) is 24.2 Å². The summed E-state index contributed by atoms with van der Waals surface area (Å²) in [6.07, 6.45) is 2.86. The Morgan fingerprint density at radius 3 is 2.75 bits per heavy atom. The molecule has 0 aromatic carbocycles. The minimum absolute atomic E-state index is 0.0500. The third-order valence-electron chi connectivity index (χ3n) is 3.54. The number of hydrogen-bond acceptors (Lipinski definition) is 2. The highest BCUT2D eigenvalue weighted by atomic mass is 16.2. The van der Waals surface area contributed by atoms with Crippen molar-refractivity contribution in [1.82, 2.24) is 15.1 Å². The van der Waals surface area contributed by atoms with Crippen molar-refractivity contribution in [3.05, 3.63) is 17.5 Å². The van der Waals surface area contributed by atoms with Gasteiger partial charge in [-0.3, -0.25) is 9.48 Å². The third kappa shape index (κ3) is 1.96. The number of rotatable bonds is 3. The highest BCUT2D eigenvalue weighted by Crippen LogP contribution is 2.38. The number of amides is 1. The molecule has 1 N–H and O–H groups in total. The van der Waals surface area contributed by atoms with Crippen molar-refractivity contribution in [2.75, 3.05) is 0 Å². The van der Waals surface area contributed by atoms with Crippen LogP contribution in [0, 0.1) is 18.8 Å². The van der Waals surface area contributed by atoms with E-state index in [-0.39, 0.29) is 17.9 Å². The Bertz CT molecular complexity index is 410. The van der Waals surface area contributed by atoms with E-state index in [0.717, 1.165) is 17.7 Å². The Morgan fingerprint density at radius 1 is 1.69 bits per heavy atom. The number of nitrogens with zero attached hydrogens (tertiary/aromatic N) is 2. The van der Waals surface area contributed by atoms with E-state index in [1.807, 2.05) is 31.8 Å². The van der Waals surface area contributed by atoms with E-state index in [4.69, 9.17) is 0 Å². The fourth-order valence-corrected chi connectivity index (χ4v) is 2.03. The van der Waals surface area contributed by atoms with Gasteiger partial charge in [0.15, 0.2) is 0 Å². The lowest BCUT2D eigenvalue weighted by Gasteiger charge is -2.13. The Morgan fingerprint density at radius 2 is 2.31 bits per heavy atom. The van der Waals surface area contributed by atoms with Crippen LogP contribution in [0.4, 0.5) is 0 Å². The standard InChI is InChI=1S/C12H19N3O/c1-7-5-10(7)12(16)14-8(2)11-6-13-15(4)9(11)3/h6-8,10H,5H2,1-4H3,(H,14,16). The highest BCUT2D eigenvalue weighted by Gasteiger charge is 2.39. The highest BCUT2D eigenvalue weighted by molar-refractivity contribution is 5.81. The average molecular weight is 221 g/mol. The summed E-state index contributed by atoms with van der Waals surface area (Å²) in [5, 5.41) is 7.24. The first-order chi connectivity index (χ1) is 7.50. The summed E-state index contributed by atoms with van der Waals surface area (Å²) in [5.41, 5.74) is 2.21. The van der Waals surface area contributed by atoms with Gasteiger partial charge in [0.05, 0.1) is 12.2 Å². The second-order valence-corrected chi connectivity index (χ2v) is 4.86. The molecule has 88 valence electrons. The van der Waals surface area contributed by atoms with Crippen molar-refractivity contribution in [3.8, 4) is 0 Å². The monoisotopic (exact) mass is 221 g/mol. The van der Waals surface area contributed by atoms with E-state index >= 15 is 0 Å². The van der Waals surface area contributed by atoms with Crippen molar-refractivity contribution in [2.24, 2.45) is 18.9 Å². The third-order valence-corrected chi connectivity index (χ3v) is 3.54. The lowest BCUT2D eigenvalue weighted by atomic mass is 10.1. The molecule has 3 unspecified atom stereocenters. The molecule has 0 aliphatic heterocycles. The number of nitrogens with one attached hydrogen (secondary N) is 1. The molecule has 16 heavy (non-hydrogen) atoms. The van der Waals surface area contributed by atoms with Crippen LogP contribution >= 0.6 is 0 Å². The second kappa shape index (κ2) is 3.92. The molecule has 3 atom stereocenters. The maximum absolute atomic E-state index is 11.8. The van der Waals surface area contributed by atoms with E-state index in [0.29, 0.717) is 5.92 Å². The predicted octanol–water partition coefficient (Wildman–Crippen LogP) is 1.56. The SMILES string of the molecule is Cc1c(C(C)NC(=O)C2CC2C)cnn1C. The fraction of sp³-hybridized carbons (Fsp3) is 0.667. The van der Waals surface area contributed by atoms with Crippen molar-refractivity contribution in [1.29, 1.82) is 0 Å². The molecule has 1 heterocycles. The number of aryl methyl sites for hydroxylation is 1. The molecular weight excluding hydrogens is 202 g/mol. The van der Waals surface area contributed by atoms with E-state index in [1.165, 1.54) is 0 Å². The smallest absolute Gasteiger partial charge is 0.223 e. The Balaban J connectivity index is 2.00. The molecule has 1 aliphatic carbocycles. The largest absolute Gasteiger partial charge is 0.349 e. The summed E-state index contributed by atoms with van der Waals surface area (Å²) in [5.74, 6) is 0.977. The molecule has 0 spiro atoms. The minimum atomic E-state index is 0.0500. The second-order valence-electron chi connectivity index (χ2n) is 4.86. The van der Waals surface area contributed by atoms with Gasteiger partial charge in [0.25, 0.3) is 0 Å². The van der Waals surface area contributed by atoms with Gasteiger partial charge in [-0.15, -0.1) is 0 Å². The Hall–Kier alpha value is -1.32. The van der Waals surface area contributed by atoms with Crippen molar-refractivity contribution < 1.29 is 4.79 Å². The number of hydrogen-bond donors (Lipinski definition) is 1. The number of carbonyl (C=O) groups excluding carboxylic acids is 1. The van der Waals surface area contributed by atoms with Gasteiger partial charge in [-0.05, 0) is 26.2 Å². The molecule has 1 saturated carbocycles. The summed E-state index contributed by atoms with van der Waals surface area (Å²) >= 11 is 0. The maximum atomic E-state index is 11.8. The molecule has 1 aromatic heterocycles. The zero-order chi connectivity index (χ0) is 11.9. The van der Waals surface area contributed by atoms with E-state index in [9.17, 15) is 4.79 Å². The summed E-state index contributed by atoms with van der Waals surface area (Å²) in [4.78, 5) is 11.8. The van der Waals surface area contributed by atoms with Gasteiger partial charge in [0.1, 0.15) is 0 Å². The average Bonchev–Trinajstić information content (AvgIpc) is 2.86. The van der Waals surface area contributed by atoms with Crippen LogP contribution in [0.15, 0.2) is 6.20 Å². The molecule has 4 heteroatoms. The van der Waals surface area contributed by atoms with Crippen LogP contribution in [0.3, 0.4) is 0 Å². The van der Waals surface area contributed by atoms with Crippen molar-refractivity contribution in [2.45, 2.75) is 33.2 Å². The van der Waals surface area contributed by atoms with Gasteiger partial charge in [-0.2, -0.15) is 5.10 Å². The zero-order valence-corrected chi connectivity index (χ0v) is 10.3. The molecule has 0 bridgehead atoms. The minimum Gasteiger partial charge on any atom is -0.349 e. The van der Waals surface area contributed by atoms with Crippen LogP contribution in [-0.2, 0) is 11.8 Å². The van der Waals surface area contributed by atoms with E-state index in [2.05, 4.69) is 17.3 Å².